The number of fused-ring (bicyclic) bond motifs is 1. The number of hydrogen-bond acceptors (Lipinski definition) is 3. The number of esters is 1. The van der Waals surface area contributed by atoms with Crippen LogP contribution in [0.4, 0.5) is 0 Å². The van der Waals surface area contributed by atoms with Crippen molar-refractivity contribution in [3.8, 4) is 0 Å². The predicted octanol–water partition coefficient (Wildman–Crippen LogP) is 4.24. The van der Waals surface area contributed by atoms with E-state index in [4.69, 9.17) is 4.74 Å². The van der Waals surface area contributed by atoms with Gasteiger partial charge in [0.2, 0.25) is 0 Å². The number of ether oxygens (including phenoxy) is 1. The molecule has 2 aromatic carbocycles. The number of H-pyrrole nitrogens is 1. The standard InChI is InChI=1S/C23H24N2O3/c1-3-28-22(26)10-7-13-25(16-18-8-5-4-6-9-18)23(27)21-15-19-14-17(2)11-12-20(19)24-21/h4-12,14-15,24H,3,13,16H2,1-2H3/b10-7+. The summed E-state index contributed by atoms with van der Waals surface area (Å²) in [6.07, 6.45) is 3.02. The van der Waals surface area contributed by atoms with Crippen molar-refractivity contribution in [1.82, 2.24) is 9.88 Å². The van der Waals surface area contributed by atoms with Gasteiger partial charge in [-0.25, -0.2) is 4.79 Å². The van der Waals surface area contributed by atoms with Crippen molar-refractivity contribution < 1.29 is 14.3 Å². The summed E-state index contributed by atoms with van der Waals surface area (Å²) in [6.45, 7) is 4.86. The molecule has 0 spiro atoms. The first-order valence-electron chi connectivity index (χ1n) is 9.32. The van der Waals surface area contributed by atoms with Crippen LogP contribution in [0, 0.1) is 6.92 Å². The van der Waals surface area contributed by atoms with Crippen LogP contribution in [-0.2, 0) is 16.1 Å². The smallest absolute Gasteiger partial charge is 0.330 e. The number of aromatic nitrogens is 1. The van der Waals surface area contributed by atoms with E-state index in [1.54, 1.807) is 17.9 Å². The number of nitrogens with zero attached hydrogens (tertiary/aromatic N) is 1. The molecule has 0 saturated carbocycles. The number of nitrogens with one attached hydrogen (secondary N) is 1. The van der Waals surface area contributed by atoms with Crippen LogP contribution in [0.2, 0.25) is 0 Å². The van der Waals surface area contributed by atoms with E-state index in [2.05, 4.69) is 4.98 Å². The van der Waals surface area contributed by atoms with Crippen LogP contribution in [-0.4, -0.2) is 34.9 Å². The third kappa shape index (κ3) is 4.88. The fraction of sp³-hybridized carbons (Fsp3) is 0.217. The van der Waals surface area contributed by atoms with Crippen molar-refractivity contribution in [1.29, 1.82) is 0 Å². The van der Waals surface area contributed by atoms with Crippen molar-refractivity contribution >= 4 is 22.8 Å². The zero-order valence-corrected chi connectivity index (χ0v) is 16.1. The normalized spacial score (nSPS) is 11.1. The van der Waals surface area contributed by atoms with Gasteiger partial charge in [-0.2, -0.15) is 0 Å². The Morgan fingerprint density at radius 1 is 1.11 bits per heavy atom. The molecule has 0 fully saturated rings. The summed E-state index contributed by atoms with van der Waals surface area (Å²) in [6, 6.07) is 17.7. The summed E-state index contributed by atoms with van der Waals surface area (Å²) >= 11 is 0. The molecule has 144 valence electrons. The van der Waals surface area contributed by atoms with Gasteiger partial charge in [0.05, 0.1) is 6.61 Å². The fourth-order valence-corrected chi connectivity index (χ4v) is 3.03. The summed E-state index contributed by atoms with van der Waals surface area (Å²) in [5.74, 6) is -0.526. The van der Waals surface area contributed by atoms with Crippen molar-refractivity contribution in [2.24, 2.45) is 0 Å². The molecular formula is C23H24N2O3. The van der Waals surface area contributed by atoms with E-state index in [9.17, 15) is 9.59 Å². The molecular weight excluding hydrogens is 352 g/mol. The Morgan fingerprint density at radius 2 is 1.89 bits per heavy atom. The first kappa shape index (κ1) is 19.4. The minimum atomic E-state index is -0.407. The second-order valence-corrected chi connectivity index (χ2v) is 6.60. The average Bonchev–Trinajstić information content (AvgIpc) is 3.11. The first-order chi connectivity index (χ1) is 13.6. The van der Waals surface area contributed by atoms with Crippen LogP contribution in [0.3, 0.4) is 0 Å². The highest BCUT2D eigenvalue weighted by atomic mass is 16.5. The van der Waals surface area contributed by atoms with Crippen LogP contribution >= 0.6 is 0 Å². The van der Waals surface area contributed by atoms with Gasteiger partial charge in [-0.1, -0.05) is 48.0 Å². The lowest BCUT2D eigenvalue weighted by atomic mass is 10.2. The number of rotatable bonds is 7. The van der Waals surface area contributed by atoms with E-state index < -0.39 is 5.97 Å². The Bertz CT molecular complexity index is 990. The summed E-state index contributed by atoms with van der Waals surface area (Å²) in [4.78, 5) is 29.6. The van der Waals surface area contributed by atoms with Gasteiger partial charge in [-0.15, -0.1) is 0 Å². The SMILES string of the molecule is CCOC(=O)/C=C/CN(Cc1ccccc1)C(=O)c1cc2cc(C)ccc2[nH]1. The second kappa shape index (κ2) is 9.04. The Kier molecular flexibility index (Phi) is 6.27. The van der Waals surface area contributed by atoms with Gasteiger partial charge < -0.3 is 14.6 Å². The Morgan fingerprint density at radius 3 is 2.64 bits per heavy atom. The topological polar surface area (TPSA) is 62.4 Å². The first-order valence-corrected chi connectivity index (χ1v) is 9.32. The van der Waals surface area contributed by atoms with E-state index >= 15 is 0 Å². The molecule has 5 heteroatoms. The summed E-state index contributed by atoms with van der Waals surface area (Å²) < 4.78 is 4.90. The number of benzene rings is 2. The number of aryl methyl sites for hydroxylation is 1. The molecule has 0 unspecified atom stereocenters. The van der Waals surface area contributed by atoms with E-state index in [1.807, 2.05) is 61.5 Å². The average molecular weight is 376 g/mol. The van der Waals surface area contributed by atoms with Crippen LogP contribution in [0.5, 0.6) is 0 Å². The van der Waals surface area contributed by atoms with Gasteiger partial charge in [0, 0.05) is 30.1 Å². The minimum absolute atomic E-state index is 0.119. The zero-order chi connectivity index (χ0) is 19.9. The van der Waals surface area contributed by atoms with E-state index in [-0.39, 0.29) is 5.91 Å². The molecule has 0 aliphatic heterocycles. The van der Waals surface area contributed by atoms with Gasteiger partial charge in [-0.3, -0.25) is 4.79 Å². The predicted molar refractivity (Wildman–Crippen MR) is 110 cm³/mol. The molecule has 0 aliphatic carbocycles. The molecule has 0 aliphatic rings. The highest BCUT2D eigenvalue weighted by Crippen LogP contribution is 2.19. The van der Waals surface area contributed by atoms with E-state index in [0.29, 0.717) is 25.4 Å². The van der Waals surface area contributed by atoms with Crippen LogP contribution in [0.15, 0.2) is 66.7 Å². The Hall–Kier alpha value is -3.34. The van der Waals surface area contributed by atoms with Gasteiger partial charge in [0.1, 0.15) is 5.69 Å². The van der Waals surface area contributed by atoms with Crippen molar-refractivity contribution in [2.75, 3.05) is 13.2 Å². The highest BCUT2D eigenvalue weighted by molar-refractivity contribution is 5.98. The maximum atomic E-state index is 13.1. The van der Waals surface area contributed by atoms with Crippen LogP contribution in [0.1, 0.15) is 28.5 Å². The Labute approximate surface area is 164 Å². The largest absolute Gasteiger partial charge is 0.463 e. The maximum absolute atomic E-state index is 13.1. The summed E-state index contributed by atoms with van der Waals surface area (Å²) in [7, 11) is 0. The maximum Gasteiger partial charge on any atom is 0.330 e. The molecule has 0 atom stereocenters. The van der Waals surface area contributed by atoms with Gasteiger partial charge in [0.25, 0.3) is 5.91 Å². The van der Waals surface area contributed by atoms with Gasteiger partial charge in [0.15, 0.2) is 0 Å². The molecule has 1 aromatic heterocycles. The highest BCUT2D eigenvalue weighted by Gasteiger charge is 2.17. The molecule has 1 N–H and O–H groups in total. The molecule has 3 aromatic rings. The lowest BCUT2D eigenvalue weighted by molar-refractivity contribution is -0.137. The number of amides is 1. The van der Waals surface area contributed by atoms with Crippen molar-refractivity contribution in [3.63, 3.8) is 0 Å². The monoisotopic (exact) mass is 376 g/mol. The molecule has 0 bridgehead atoms. The van der Waals surface area contributed by atoms with Crippen molar-refractivity contribution in [2.45, 2.75) is 20.4 Å². The zero-order valence-electron chi connectivity index (χ0n) is 16.1. The molecule has 1 amide bonds. The van der Waals surface area contributed by atoms with Gasteiger partial charge >= 0.3 is 5.97 Å². The minimum Gasteiger partial charge on any atom is -0.463 e. The number of carbonyl (C=O) groups excluding carboxylic acids is 2. The fourth-order valence-electron chi connectivity index (χ4n) is 3.03. The number of hydrogen-bond donors (Lipinski definition) is 1. The third-order valence-corrected chi connectivity index (χ3v) is 4.38. The molecule has 3 rings (SSSR count). The lowest BCUT2D eigenvalue weighted by Gasteiger charge is -2.20. The van der Waals surface area contributed by atoms with Crippen LogP contribution in [0.25, 0.3) is 10.9 Å². The Balaban J connectivity index is 1.83. The molecule has 28 heavy (non-hydrogen) atoms. The lowest BCUT2D eigenvalue weighted by Crippen LogP contribution is -2.31. The van der Waals surface area contributed by atoms with E-state index in [0.717, 1.165) is 22.0 Å². The van der Waals surface area contributed by atoms with Crippen molar-refractivity contribution in [3.05, 3.63) is 83.6 Å². The summed E-state index contributed by atoms with van der Waals surface area (Å²) in [5.41, 5.74) is 3.62. The molecule has 5 nitrogen and oxygen atoms in total. The number of carbonyl (C=O) groups is 2. The molecule has 0 radical (unpaired) electrons. The molecule has 0 saturated heterocycles. The third-order valence-electron chi connectivity index (χ3n) is 4.38. The summed E-state index contributed by atoms with van der Waals surface area (Å²) in [5, 5.41) is 1.00. The van der Waals surface area contributed by atoms with Gasteiger partial charge in [-0.05, 0) is 37.6 Å². The second-order valence-electron chi connectivity index (χ2n) is 6.60. The number of aromatic amines is 1. The van der Waals surface area contributed by atoms with Crippen LogP contribution < -0.4 is 0 Å². The molecule has 1 heterocycles. The van der Waals surface area contributed by atoms with E-state index in [1.165, 1.54) is 6.08 Å². The quantitative estimate of drug-likeness (QED) is 0.496.